The van der Waals surface area contributed by atoms with Gasteiger partial charge in [0.15, 0.2) is 5.78 Å². The van der Waals surface area contributed by atoms with E-state index in [1.54, 1.807) is 6.08 Å². The van der Waals surface area contributed by atoms with Crippen LogP contribution in [-0.4, -0.2) is 5.78 Å². The van der Waals surface area contributed by atoms with Crippen LogP contribution in [-0.2, 0) is 4.79 Å². The number of nitrogens with zero attached hydrogens (tertiary/aromatic N) is 1. The third-order valence-electron chi connectivity index (χ3n) is 2.42. The number of rotatable bonds is 2. The van der Waals surface area contributed by atoms with Gasteiger partial charge >= 0.3 is 0 Å². The lowest BCUT2D eigenvalue weighted by Gasteiger charge is -2.27. The summed E-state index contributed by atoms with van der Waals surface area (Å²) in [6, 6.07) is 2.13. The van der Waals surface area contributed by atoms with E-state index in [0.29, 0.717) is 12.8 Å². The predicted octanol–water partition coefficient (Wildman–Crippen LogP) is 2.22. The SMILES string of the molecule is CC1(CCC#N)C=CC(=O)CC1. The van der Waals surface area contributed by atoms with Gasteiger partial charge in [0.2, 0.25) is 0 Å². The molecule has 0 aliphatic heterocycles. The minimum atomic E-state index is 0.0869. The third kappa shape index (κ3) is 2.20. The lowest BCUT2D eigenvalue weighted by molar-refractivity contribution is -0.115. The average Bonchev–Trinajstić information content (AvgIpc) is 2.08. The third-order valence-corrected chi connectivity index (χ3v) is 2.42. The highest BCUT2D eigenvalue weighted by Crippen LogP contribution is 2.33. The predicted molar refractivity (Wildman–Crippen MR) is 46.3 cm³/mol. The van der Waals surface area contributed by atoms with Crippen LogP contribution in [0, 0.1) is 16.7 Å². The molecule has 0 aromatic rings. The van der Waals surface area contributed by atoms with E-state index in [1.165, 1.54) is 0 Å². The van der Waals surface area contributed by atoms with Crippen molar-refractivity contribution < 1.29 is 4.79 Å². The van der Waals surface area contributed by atoms with Crippen molar-refractivity contribution in [3.8, 4) is 6.07 Å². The standard InChI is InChI=1S/C10H13NO/c1-10(5-2-8-11)6-3-9(12)4-7-10/h3,6H,2,4-5,7H2,1H3. The van der Waals surface area contributed by atoms with Crippen molar-refractivity contribution in [3.63, 3.8) is 0 Å². The first-order valence-corrected chi connectivity index (χ1v) is 4.25. The Bertz CT molecular complexity index is 249. The first-order valence-electron chi connectivity index (χ1n) is 4.25. The highest BCUT2D eigenvalue weighted by Gasteiger charge is 2.24. The molecule has 0 spiro atoms. The van der Waals surface area contributed by atoms with Crippen molar-refractivity contribution in [1.82, 2.24) is 0 Å². The minimum absolute atomic E-state index is 0.0869. The van der Waals surface area contributed by atoms with Gasteiger partial charge in [-0.25, -0.2) is 0 Å². The molecule has 0 heterocycles. The van der Waals surface area contributed by atoms with E-state index >= 15 is 0 Å². The van der Waals surface area contributed by atoms with Gasteiger partial charge in [0, 0.05) is 12.8 Å². The highest BCUT2D eigenvalue weighted by molar-refractivity contribution is 5.90. The van der Waals surface area contributed by atoms with Crippen LogP contribution in [0.5, 0.6) is 0 Å². The van der Waals surface area contributed by atoms with Gasteiger partial charge in [0.1, 0.15) is 0 Å². The van der Waals surface area contributed by atoms with Crippen molar-refractivity contribution >= 4 is 5.78 Å². The maximum absolute atomic E-state index is 10.9. The van der Waals surface area contributed by atoms with Crippen LogP contribution in [0.15, 0.2) is 12.2 Å². The van der Waals surface area contributed by atoms with Crippen molar-refractivity contribution in [1.29, 1.82) is 5.26 Å². The minimum Gasteiger partial charge on any atom is -0.295 e. The molecule has 0 radical (unpaired) electrons. The van der Waals surface area contributed by atoms with Crippen LogP contribution in [0.2, 0.25) is 0 Å². The van der Waals surface area contributed by atoms with Crippen LogP contribution >= 0.6 is 0 Å². The average molecular weight is 163 g/mol. The van der Waals surface area contributed by atoms with E-state index < -0.39 is 0 Å². The lowest BCUT2D eigenvalue weighted by Crippen LogP contribution is -2.19. The van der Waals surface area contributed by atoms with Crippen LogP contribution in [0.3, 0.4) is 0 Å². The summed E-state index contributed by atoms with van der Waals surface area (Å²) < 4.78 is 0. The molecule has 2 nitrogen and oxygen atoms in total. The van der Waals surface area contributed by atoms with Gasteiger partial charge in [-0.05, 0) is 24.3 Å². The quantitative estimate of drug-likeness (QED) is 0.626. The van der Waals surface area contributed by atoms with Gasteiger partial charge in [-0.3, -0.25) is 4.79 Å². The highest BCUT2D eigenvalue weighted by atomic mass is 16.1. The summed E-state index contributed by atoms with van der Waals surface area (Å²) in [7, 11) is 0. The zero-order chi connectivity index (χ0) is 9.03. The number of hydrogen-bond donors (Lipinski definition) is 0. The molecule has 0 saturated carbocycles. The van der Waals surface area contributed by atoms with Gasteiger partial charge in [0.05, 0.1) is 6.07 Å². The fourth-order valence-corrected chi connectivity index (χ4v) is 1.42. The summed E-state index contributed by atoms with van der Waals surface area (Å²) in [5.74, 6) is 0.212. The largest absolute Gasteiger partial charge is 0.295 e. The first kappa shape index (κ1) is 8.99. The molecule has 1 atom stereocenters. The van der Waals surface area contributed by atoms with E-state index in [2.05, 4.69) is 13.0 Å². The number of carbonyl (C=O) groups excluding carboxylic acids is 1. The molecule has 64 valence electrons. The molecule has 0 aromatic carbocycles. The molecule has 0 fully saturated rings. The van der Waals surface area contributed by atoms with Crippen molar-refractivity contribution in [2.24, 2.45) is 5.41 Å². The Morgan fingerprint density at radius 2 is 2.50 bits per heavy atom. The van der Waals surface area contributed by atoms with Gasteiger partial charge < -0.3 is 0 Å². The van der Waals surface area contributed by atoms with Crippen LogP contribution in [0.1, 0.15) is 32.6 Å². The Kier molecular flexibility index (Phi) is 2.65. The van der Waals surface area contributed by atoms with E-state index in [9.17, 15) is 4.79 Å². The zero-order valence-electron chi connectivity index (χ0n) is 7.34. The van der Waals surface area contributed by atoms with E-state index in [-0.39, 0.29) is 11.2 Å². The van der Waals surface area contributed by atoms with Crippen molar-refractivity contribution in [2.45, 2.75) is 32.6 Å². The molecule has 1 rings (SSSR count). The molecule has 1 aliphatic carbocycles. The van der Waals surface area contributed by atoms with Gasteiger partial charge in [0.25, 0.3) is 0 Å². The first-order chi connectivity index (χ1) is 5.66. The molecule has 0 amide bonds. The number of hydrogen-bond acceptors (Lipinski definition) is 2. The zero-order valence-corrected chi connectivity index (χ0v) is 7.34. The molecule has 0 bridgehead atoms. The maximum Gasteiger partial charge on any atom is 0.155 e. The fraction of sp³-hybridized carbons (Fsp3) is 0.600. The Hall–Kier alpha value is -1.10. The summed E-state index contributed by atoms with van der Waals surface area (Å²) in [6.07, 6.45) is 6.59. The normalized spacial score (nSPS) is 28.5. The number of allylic oxidation sites excluding steroid dienone is 2. The second-order valence-electron chi connectivity index (χ2n) is 3.61. The van der Waals surface area contributed by atoms with E-state index in [0.717, 1.165) is 12.8 Å². The Morgan fingerprint density at radius 1 is 1.75 bits per heavy atom. The monoisotopic (exact) mass is 163 g/mol. The Morgan fingerprint density at radius 3 is 3.00 bits per heavy atom. The number of carbonyl (C=O) groups is 1. The van der Waals surface area contributed by atoms with Gasteiger partial charge in [-0.1, -0.05) is 13.0 Å². The molecule has 1 aliphatic rings. The molecular weight excluding hydrogens is 150 g/mol. The van der Waals surface area contributed by atoms with Crippen molar-refractivity contribution in [3.05, 3.63) is 12.2 Å². The van der Waals surface area contributed by atoms with Gasteiger partial charge in [-0.2, -0.15) is 5.26 Å². The second-order valence-corrected chi connectivity index (χ2v) is 3.61. The number of ketones is 1. The summed E-state index contributed by atoms with van der Waals surface area (Å²) in [6.45, 7) is 2.10. The maximum atomic E-state index is 10.9. The molecule has 12 heavy (non-hydrogen) atoms. The fourth-order valence-electron chi connectivity index (χ4n) is 1.42. The Balaban J connectivity index is 2.56. The molecule has 0 saturated heterocycles. The molecule has 0 aromatic heterocycles. The van der Waals surface area contributed by atoms with Crippen LogP contribution in [0.4, 0.5) is 0 Å². The van der Waals surface area contributed by atoms with Crippen molar-refractivity contribution in [2.75, 3.05) is 0 Å². The van der Waals surface area contributed by atoms with E-state index in [4.69, 9.17) is 5.26 Å². The molecular formula is C10H13NO. The summed E-state index contributed by atoms with van der Waals surface area (Å²) in [5, 5.41) is 8.42. The van der Waals surface area contributed by atoms with Crippen LogP contribution in [0.25, 0.3) is 0 Å². The lowest BCUT2D eigenvalue weighted by atomic mass is 9.77. The van der Waals surface area contributed by atoms with E-state index in [1.807, 2.05) is 6.08 Å². The second kappa shape index (κ2) is 3.53. The Labute approximate surface area is 72.9 Å². The summed E-state index contributed by atoms with van der Waals surface area (Å²) in [5.41, 5.74) is 0.0869. The van der Waals surface area contributed by atoms with Gasteiger partial charge in [-0.15, -0.1) is 0 Å². The van der Waals surface area contributed by atoms with Crippen LogP contribution < -0.4 is 0 Å². The molecule has 1 unspecified atom stereocenters. The molecule has 2 heteroatoms. The summed E-state index contributed by atoms with van der Waals surface area (Å²) in [4.78, 5) is 10.9. The smallest absolute Gasteiger partial charge is 0.155 e. The topological polar surface area (TPSA) is 40.9 Å². The number of nitriles is 1. The summed E-state index contributed by atoms with van der Waals surface area (Å²) >= 11 is 0. The molecule has 0 N–H and O–H groups in total.